The lowest BCUT2D eigenvalue weighted by atomic mass is 9.48. The molecule has 7 nitrogen and oxygen atoms in total. The molecule has 2 bridgehead atoms. The highest BCUT2D eigenvalue weighted by atomic mass is 16.6. The molecule has 0 radical (unpaired) electrons. The van der Waals surface area contributed by atoms with Crippen LogP contribution in [0.25, 0.3) is 0 Å². The minimum atomic E-state index is -0.845. The fourth-order valence-corrected chi connectivity index (χ4v) is 7.74. The monoisotopic (exact) mass is 503 g/mol. The molecule has 1 saturated heterocycles. The Balaban J connectivity index is 1.26. The van der Waals surface area contributed by atoms with E-state index in [1.54, 1.807) is 13.2 Å². The van der Waals surface area contributed by atoms with Gasteiger partial charge in [0.05, 0.1) is 18.6 Å². The lowest BCUT2D eigenvalue weighted by molar-refractivity contribution is -0.216. The van der Waals surface area contributed by atoms with Crippen LogP contribution in [0.2, 0.25) is 0 Å². The first-order valence-corrected chi connectivity index (χ1v) is 13.6. The average Bonchev–Trinajstić information content (AvgIpc) is 3.65. The van der Waals surface area contributed by atoms with Gasteiger partial charge >= 0.3 is 5.97 Å². The predicted molar refractivity (Wildman–Crippen MR) is 135 cm³/mol. The number of phenolic OH excluding ortho intramolecular Hbond substituents is 1. The Labute approximate surface area is 216 Å². The number of phenols is 1. The Kier molecular flexibility index (Phi) is 5.13. The van der Waals surface area contributed by atoms with Crippen molar-refractivity contribution in [2.75, 3.05) is 20.2 Å². The normalized spacial score (nSPS) is 31.4. The summed E-state index contributed by atoms with van der Waals surface area (Å²) in [5.41, 5.74) is 1.48. The van der Waals surface area contributed by atoms with Gasteiger partial charge in [-0.05, 0) is 80.3 Å². The van der Waals surface area contributed by atoms with E-state index in [1.165, 1.54) is 12.8 Å². The number of nitrogens with zero attached hydrogens (tertiary/aromatic N) is 1. The van der Waals surface area contributed by atoms with Crippen molar-refractivity contribution in [3.63, 3.8) is 0 Å². The first kappa shape index (κ1) is 23.1. The van der Waals surface area contributed by atoms with E-state index in [0.29, 0.717) is 37.4 Å². The van der Waals surface area contributed by atoms with Crippen molar-refractivity contribution in [1.82, 2.24) is 4.90 Å². The van der Waals surface area contributed by atoms with Crippen LogP contribution in [-0.4, -0.2) is 59.7 Å². The predicted octanol–water partition coefficient (Wildman–Crippen LogP) is 3.72. The number of Topliss-reactive ketones (excluding diaryl/α,β-unsaturated/α-hetero) is 1. The van der Waals surface area contributed by atoms with Crippen molar-refractivity contribution in [3.8, 4) is 17.2 Å². The molecule has 194 valence electrons. The van der Waals surface area contributed by atoms with Crippen LogP contribution in [0.4, 0.5) is 0 Å². The second kappa shape index (κ2) is 8.22. The zero-order chi connectivity index (χ0) is 25.4. The second-order valence-electron chi connectivity index (χ2n) is 11.5. The summed E-state index contributed by atoms with van der Waals surface area (Å²) in [7, 11) is 1.64. The molecule has 2 aromatic rings. The lowest BCUT2D eigenvalue weighted by Crippen LogP contribution is -2.77. The number of likely N-dealkylation sites (tertiary alicyclic amines) is 1. The smallest absolute Gasteiger partial charge is 0.306 e. The summed E-state index contributed by atoms with van der Waals surface area (Å²) in [6.07, 6.45) is 4.85. The molecule has 2 saturated carbocycles. The standard InChI is InChI=1S/C30H33NO6/c1-35-21-8-4-18(5-9-21)6-11-25(34)37-30-13-12-23(33)28-29(30)14-15-31(17-19-2-3-19)24(30)16-20-7-10-22(32)27(36-28)26(20)29/h4-5,7-10,19,24,28,32H,2-3,6,11-17H2,1H3/t24?,28-,29-,30+/m0/s1. The van der Waals surface area contributed by atoms with Gasteiger partial charge in [-0.1, -0.05) is 18.2 Å². The minimum absolute atomic E-state index is 0.00557. The number of ketones is 1. The Morgan fingerprint density at radius 3 is 2.73 bits per heavy atom. The molecule has 3 aliphatic carbocycles. The molecular formula is C30H33NO6. The van der Waals surface area contributed by atoms with Crippen LogP contribution in [0.3, 0.4) is 0 Å². The number of methoxy groups -OCH3 is 1. The van der Waals surface area contributed by atoms with Gasteiger partial charge < -0.3 is 19.3 Å². The Morgan fingerprint density at radius 1 is 1.16 bits per heavy atom. The van der Waals surface area contributed by atoms with Crippen molar-refractivity contribution >= 4 is 11.8 Å². The van der Waals surface area contributed by atoms with E-state index in [1.807, 2.05) is 30.3 Å². The van der Waals surface area contributed by atoms with Gasteiger partial charge in [-0.15, -0.1) is 0 Å². The fourth-order valence-electron chi connectivity index (χ4n) is 7.74. The maximum atomic E-state index is 13.6. The maximum Gasteiger partial charge on any atom is 0.306 e. The van der Waals surface area contributed by atoms with E-state index in [9.17, 15) is 14.7 Å². The Bertz CT molecular complexity index is 1270. The van der Waals surface area contributed by atoms with E-state index in [2.05, 4.69) is 4.90 Å². The molecule has 1 N–H and O–H groups in total. The summed E-state index contributed by atoms with van der Waals surface area (Å²) in [6.45, 7) is 1.85. The number of hydrogen-bond donors (Lipinski definition) is 1. The number of carbonyl (C=O) groups is 2. The quantitative estimate of drug-likeness (QED) is 0.577. The van der Waals surface area contributed by atoms with Crippen LogP contribution in [0.5, 0.6) is 17.2 Å². The van der Waals surface area contributed by atoms with Crippen molar-refractivity contribution in [1.29, 1.82) is 0 Å². The van der Waals surface area contributed by atoms with Gasteiger partial charge in [0.2, 0.25) is 0 Å². The van der Waals surface area contributed by atoms with Crippen LogP contribution >= 0.6 is 0 Å². The molecule has 2 aliphatic heterocycles. The van der Waals surface area contributed by atoms with E-state index in [0.717, 1.165) is 42.0 Å². The van der Waals surface area contributed by atoms with Gasteiger partial charge in [0.25, 0.3) is 0 Å². The zero-order valence-corrected chi connectivity index (χ0v) is 21.2. The van der Waals surface area contributed by atoms with Gasteiger partial charge in [-0.3, -0.25) is 14.5 Å². The van der Waals surface area contributed by atoms with Gasteiger partial charge in [0.15, 0.2) is 23.4 Å². The third kappa shape index (κ3) is 3.29. The number of aromatic hydroxyl groups is 1. The second-order valence-corrected chi connectivity index (χ2v) is 11.5. The molecule has 7 heteroatoms. The molecule has 1 unspecified atom stereocenters. The van der Waals surface area contributed by atoms with Crippen molar-refractivity contribution in [2.45, 2.75) is 74.5 Å². The lowest BCUT2D eigenvalue weighted by Gasteiger charge is -2.63. The number of benzene rings is 2. The van der Waals surface area contributed by atoms with E-state index >= 15 is 0 Å². The third-order valence-corrected chi connectivity index (χ3v) is 9.59. The van der Waals surface area contributed by atoms with Crippen LogP contribution < -0.4 is 9.47 Å². The SMILES string of the molecule is COc1ccc(CCC(=O)O[C@@]23CCC(=O)[C@@H]4Oc5c(O)ccc6c5[C@@]42CCN(CC2CC2)C3C6)cc1. The molecule has 7 rings (SSSR count). The highest BCUT2D eigenvalue weighted by molar-refractivity contribution is 5.90. The van der Waals surface area contributed by atoms with Crippen LogP contribution in [0, 0.1) is 5.92 Å². The minimum Gasteiger partial charge on any atom is -0.504 e. The van der Waals surface area contributed by atoms with E-state index < -0.39 is 17.1 Å². The molecule has 2 heterocycles. The third-order valence-electron chi connectivity index (χ3n) is 9.59. The summed E-state index contributed by atoms with van der Waals surface area (Å²) >= 11 is 0. The van der Waals surface area contributed by atoms with Crippen molar-refractivity contribution < 1.29 is 28.9 Å². The molecule has 1 spiro atoms. The topological polar surface area (TPSA) is 85.3 Å². The maximum absolute atomic E-state index is 13.6. The van der Waals surface area contributed by atoms with Gasteiger partial charge in [0.1, 0.15) is 11.4 Å². The molecule has 37 heavy (non-hydrogen) atoms. The number of hydrogen-bond acceptors (Lipinski definition) is 7. The molecule has 3 fully saturated rings. The number of rotatable bonds is 7. The fraction of sp³-hybridized carbons (Fsp3) is 0.533. The first-order valence-electron chi connectivity index (χ1n) is 13.6. The van der Waals surface area contributed by atoms with Crippen LogP contribution in [0.1, 0.15) is 55.2 Å². The highest BCUT2D eigenvalue weighted by Gasteiger charge is 2.75. The first-order chi connectivity index (χ1) is 17.9. The van der Waals surface area contributed by atoms with Crippen LogP contribution in [-0.2, 0) is 32.6 Å². The van der Waals surface area contributed by atoms with Gasteiger partial charge in [0, 0.05) is 24.9 Å². The summed E-state index contributed by atoms with van der Waals surface area (Å²) < 4.78 is 18.2. The molecule has 4 atom stereocenters. The highest BCUT2D eigenvalue weighted by Crippen LogP contribution is 2.66. The number of carbonyl (C=O) groups excluding carboxylic acids is 2. The summed E-state index contributed by atoms with van der Waals surface area (Å²) in [4.78, 5) is 29.4. The average molecular weight is 504 g/mol. The van der Waals surface area contributed by atoms with Gasteiger partial charge in [-0.25, -0.2) is 0 Å². The summed E-state index contributed by atoms with van der Waals surface area (Å²) in [6, 6.07) is 11.4. The molecule has 0 aromatic heterocycles. The molecular weight excluding hydrogens is 470 g/mol. The zero-order valence-electron chi connectivity index (χ0n) is 21.2. The number of piperidine rings is 1. The molecule has 0 amide bonds. The number of esters is 1. The Morgan fingerprint density at radius 2 is 1.97 bits per heavy atom. The summed E-state index contributed by atoms with van der Waals surface area (Å²) in [5.74, 6) is 1.78. The summed E-state index contributed by atoms with van der Waals surface area (Å²) in [5, 5.41) is 10.7. The van der Waals surface area contributed by atoms with Crippen LogP contribution in [0.15, 0.2) is 36.4 Å². The largest absolute Gasteiger partial charge is 0.504 e. The van der Waals surface area contributed by atoms with E-state index in [-0.39, 0.29) is 30.0 Å². The van der Waals surface area contributed by atoms with E-state index in [4.69, 9.17) is 14.2 Å². The Hall–Kier alpha value is -3.06. The van der Waals surface area contributed by atoms with Crippen molar-refractivity contribution in [3.05, 3.63) is 53.1 Å². The molecule has 5 aliphatic rings. The van der Waals surface area contributed by atoms with Crippen molar-refractivity contribution in [2.24, 2.45) is 5.92 Å². The van der Waals surface area contributed by atoms with Gasteiger partial charge in [-0.2, -0.15) is 0 Å². The molecule has 2 aromatic carbocycles. The number of aryl methyl sites for hydroxylation is 1. The number of ether oxygens (including phenoxy) is 3.